The van der Waals surface area contributed by atoms with Crippen molar-refractivity contribution in [3.63, 3.8) is 0 Å². The van der Waals surface area contributed by atoms with Gasteiger partial charge in [-0.15, -0.1) is 0 Å². The average Bonchev–Trinajstić information content (AvgIpc) is 2.10. The fraction of sp³-hybridized carbons (Fsp3) is 0.778. The van der Waals surface area contributed by atoms with Crippen molar-refractivity contribution >= 4 is 0 Å². The second-order valence-electron chi connectivity index (χ2n) is 8.78. The van der Waals surface area contributed by atoms with Crippen LogP contribution in [0.5, 0.6) is 0 Å². The zero-order chi connectivity index (χ0) is 15.6. The molecular weight excluding hydrogens is 230 g/mol. The highest BCUT2D eigenvalue weighted by molar-refractivity contribution is 5.20. The number of rotatable bonds is 4. The van der Waals surface area contributed by atoms with Gasteiger partial charge in [-0.3, -0.25) is 0 Å². The summed E-state index contributed by atoms with van der Waals surface area (Å²) in [5, 5.41) is 3.71. The molecule has 112 valence electrons. The van der Waals surface area contributed by atoms with Crippen LogP contribution in [-0.2, 0) is 0 Å². The van der Waals surface area contributed by atoms with E-state index in [1.165, 1.54) is 11.1 Å². The highest BCUT2D eigenvalue weighted by atomic mass is 15.0. The molecule has 0 aromatic rings. The van der Waals surface area contributed by atoms with Crippen molar-refractivity contribution in [2.24, 2.45) is 10.8 Å². The standard InChI is InChI=1S/C18H35N/c1-13(16(3,4)5)12-15(19-18(9,10)11)14(2)17(6,7)8/h15,19H,1-2,12H2,3-11H3. The van der Waals surface area contributed by atoms with Gasteiger partial charge in [0.2, 0.25) is 0 Å². The summed E-state index contributed by atoms with van der Waals surface area (Å²) in [6.07, 6.45) is 0.955. The molecule has 0 aromatic carbocycles. The van der Waals surface area contributed by atoms with Crippen molar-refractivity contribution in [3.8, 4) is 0 Å². The van der Waals surface area contributed by atoms with E-state index in [9.17, 15) is 0 Å². The Kier molecular flexibility index (Phi) is 5.66. The SMILES string of the molecule is C=C(CC(NC(C)(C)C)C(=C)C(C)(C)C)C(C)(C)C. The van der Waals surface area contributed by atoms with Gasteiger partial charge in [0.05, 0.1) is 0 Å². The predicted molar refractivity (Wildman–Crippen MR) is 88.5 cm³/mol. The molecule has 1 heteroatoms. The van der Waals surface area contributed by atoms with Gasteiger partial charge in [0.1, 0.15) is 0 Å². The van der Waals surface area contributed by atoms with E-state index in [1.54, 1.807) is 0 Å². The van der Waals surface area contributed by atoms with Gasteiger partial charge in [-0.05, 0) is 38.0 Å². The molecule has 0 spiro atoms. The highest BCUT2D eigenvalue weighted by Crippen LogP contribution is 2.34. The van der Waals surface area contributed by atoms with Crippen LogP contribution in [0, 0.1) is 10.8 Å². The molecule has 0 aliphatic heterocycles. The van der Waals surface area contributed by atoms with E-state index in [-0.39, 0.29) is 22.4 Å². The minimum absolute atomic E-state index is 0.0804. The van der Waals surface area contributed by atoms with Crippen molar-refractivity contribution in [1.29, 1.82) is 0 Å². The topological polar surface area (TPSA) is 12.0 Å². The summed E-state index contributed by atoms with van der Waals surface area (Å²) in [6.45, 7) is 28.6. The van der Waals surface area contributed by atoms with E-state index in [1.807, 2.05) is 0 Å². The van der Waals surface area contributed by atoms with Gasteiger partial charge in [-0.1, -0.05) is 65.8 Å². The molecule has 0 amide bonds. The van der Waals surface area contributed by atoms with Gasteiger partial charge in [-0.2, -0.15) is 0 Å². The van der Waals surface area contributed by atoms with Crippen LogP contribution < -0.4 is 5.32 Å². The average molecular weight is 265 g/mol. The van der Waals surface area contributed by atoms with Crippen LogP contribution in [0.4, 0.5) is 0 Å². The van der Waals surface area contributed by atoms with Crippen LogP contribution in [0.25, 0.3) is 0 Å². The largest absolute Gasteiger partial charge is 0.305 e. The van der Waals surface area contributed by atoms with Gasteiger partial charge in [0, 0.05) is 11.6 Å². The lowest BCUT2D eigenvalue weighted by atomic mass is 9.76. The monoisotopic (exact) mass is 265 g/mol. The van der Waals surface area contributed by atoms with Gasteiger partial charge >= 0.3 is 0 Å². The third-order valence-electron chi connectivity index (χ3n) is 3.50. The summed E-state index contributed by atoms with van der Waals surface area (Å²) in [4.78, 5) is 0. The third-order valence-corrected chi connectivity index (χ3v) is 3.50. The first kappa shape index (κ1) is 18.4. The predicted octanol–water partition coefficient (Wildman–Crippen LogP) is 5.34. The van der Waals surface area contributed by atoms with Gasteiger partial charge in [0.25, 0.3) is 0 Å². The summed E-state index contributed by atoms with van der Waals surface area (Å²) in [5.41, 5.74) is 2.88. The highest BCUT2D eigenvalue weighted by Gasteiger charge is 2.29. The quantitative estimate of drug-likeness (QED) is 0.677. The number of hydrogen-bond acceptors (Lipinski definition) is 1. The van der Waals surface area contributed by atoms with E-state index >= 15 is 0 Å². The lowest BCUT2D eigenvalue weighted by Gasteiger charge is -2.37. The Hall–Kier alpha value is -0.560. The molecule has 1 N–H and O–H groups in total. The fourth-order valence-corrected chi connectivity index (χ4v) is 1.86. The van der Waals surface area contributed by atoms with E-state index in [0.29, 0.717) is 0 Å². The molecule has 19 heavy (non-hydrogen) atoms. The maximum atomic E-state index is 4.34. The Balaban J connectivity index is 5.10. The van der Waals surface area contributed by atoms with E-state index in [2.05, 4.69) is 80.8 Å². The summed E-state index contributed by atoms with van der Waals surface area (Å²) in [5.74, 6) is 0. The van der Waals surface area contributed by atoms with Crippen LogP contribution in [0.15, 0.2) is 24.3 Å². The Labute approximate surface area is 121 Å². The normalized spacial score (nSPS) is 15.2. The molecule has 0 saturated heterocycles. The Bertz CT molecular complexity index is 328. The minimum Gasteiger partial charge on any atom is -0.305 e. The van der Waals surface area contributed by atoms with Gasteiger partial charge < -0.3 is 5.32 Å². The number of hydrogen-bond donors (Lipinski definition) is 1. The van der Waals surface area contributed by atoms with Crippen molar-refractivity contribution in [2.75, 3.05) is 0 Å². The summed E-state index contributed by atoms with van der Waals surface area (Å²) < 4.78 is 0. The Morgan fingerprint density at radius 2 is 1.26 bits per heavy atom. The van der Waals surface area contributed by atoms with Crippen LogP contribution >= 0.6 is 0 Å². The molecule has 0 aromatic heterocycles. The zero-order valence-corrected chi connectivity index (χ0v) is 14.7. The fourth-order valence-electron chi connectivity index (χ4n) is 1.86. The second-order valence-corrected chi connectivity index (χ2v) is 8.78. The van der Waals surface area contributed by atoms with Crippen molar-refractivity contribution in [1.82, 2.24) is 5.32 Å². The molecule has 1 nitrogen and oxygen atoms in total. The molecule has 0 rings (SSSR count). The van der Waals surface area contributed by atoms with Crippen molar-refractivity contribution in [3.05, 3.63) is 24.3 Å². The molecule has 0 radical (unpaired) electrons. The van der Waals surface area contributed by atoms with Crippen LogP contribution in [-0.4, -0.2) is 11.6 Å². The van der Waals surface area contributed by atoms with E-state index < -0.39 is 0 Å². The van der Waals surface area contributed by atoms with E-state index in [0.717, 1.165) is 6.42 Å². The van der Waals surface area contributed by atoms with Gasteiger partial charge in [-0.25, -0.2) is 0 Å². The lowest BCUT2D eigenvalue weighted by Crippen LogP contribution is -2.46. The molecule has 0 aliphatic rings. The second kappa shape index (κ2) is 5.83. The molecule has 0 fully saturated rings. The first-order valence-electron chi connectivity index (χ1n) is 7.30. The van der Waals surface area contributed by atoms with E-state index in [4.69, 9.17) is 0 Å². The van der Waals surface area contributed by atoms with Crippen LogP contribution in [0.2, 0.25) is 0 Å². The zero-order valence-electron chi connectivity index (χ0n) is 14.7. The molecule has 1 atom stereocenters. The maximum absolute atomic E-state index is 4.34. The molecule has 0 heterocycles. The maximum Gasteiger partial charge on any atom is 0.0323 e. The molecule has 0 aliphatic carbocycles. The molecule has 1 unspecified atom stereocenters. The lowest BCUT2D eigenvalue weighted by molar-refractivity contribution is 0.331. The molecule has 0 bridgehead atoms. The van der Waals surface area contributed by atoms with Crippen LogP contribution in [0.1, 0.15) is 68.7 Å². The summed E-state index contributed by atoms with van der Waals surface area (Å²) in [7, 11) is 0. The first-order chi connectivity index (χ1) is 8.14. The summed E-state index contributed by atoms with van der Waals surface area (Å²) >= 11 is 0. The first-order valence-corrected chi connectivity index (χ1v) is 7.30. The minimum atomic E-state index is 0.0804. The number of nitrogens with one attached hydrogen (secondary N) is 1. The van der Waals surface area contributed by atoms with Crippen molar-refractivity contribution < 1.29 is 0 Å². The molecule has 0 saturated carbocycles. The smallest absolute Gasteiger partial charge is 0.0323 e. The van der Waals surface area contributed by atoms with Crippen LogP contribution in [0.3, 0.4) is 0 Å². The van der Waals surface area contributed by atoms with Crippen molar-refractivity contribution in [2.45, 2.75) is 80.3 Å². The Morgan fingerprint density at radius 3 is 1.53 bits per heavy atom. The molecular formula is C18H35N. The summed E-state index contributed by atoms with van der Waals surface area (Å²) in [6, 6.07) is 0.284. The van der Waals surface area contributed by atoms with Gasteiger partial charge in [0.15, 0.2) is 0 Å². The third kappa shape index (κ3) is 6.96. The Morgan fingerprint density at radius 1 is 0.842 bits per heavy atom.